The van der Waals surface area contributed by atoms with Gasteiger partial charge in [0.15, 0.2) is 0 Å². The van der Waals surface area contributed by atoms with E-state index >= 15 is 0 Å². The third kappa shape index (κ3) is 2.43. The number of carboxylic acids is 1. The Hall–Kier alpha value is -0.740. The van der Waals surface area contributed by atoms with Crippen LogP contribution in [0.1, 0.15) is 12.8 Å². The zero-order valence-electron chi connectivity index (χ0n) is 9.11. The van der Waals surface area contributed by atoms with Crippen LogP contribution in [0.25, 0.3) is 0 Å². The summed E-state index contributed by atoms with van der Waals surface area (Å²) in [4.78, 5) is 23.6. The monoisotopic (exact) mass is 269 g/mol. The standard InChI is InChI=1S/C11H14NO3PS/c13-11(14)10-7-4-8-12(10)16(15,17)9-5-2-1-3-6-9/h1-3,5-6,10H,4,7-8H2,(H,13,14)(H,15,17)/p-2. The van der Waals surface area contributed by atoms with Crippen LogP contribution in [0.4, 0.5) is 0 Å². The number of carbonyl (C=O) groups is 1. The van der Waals surface area contributed by atoms with Gasteiger partial charge in [-0.3, -0.25) is 4.67 Å². The fourth-order valence-corrected chi connectivity index (χ4v) is 4.85. The highest BCUT2D eigenvalue weighted by molar-refractivity contribution is 8.13. The first-order valence-corrected chi connectivity index (χ1v) is 8.05. The molecule has 1 heterocycles. The Bertz CT molecular complexity index is 465. The molecule has 92 valence electrons. The minimum Gasteiger partial charge on any atom is -0.807 e. The smallest absolute Gasteiger partial charge is 0.0589 e. The first-order valence-electron chi connectivity index (χ1n) is 5.38. The van der Waals surface area contributed by atoms with E-state index in [0.717, 1.165) is 0 Å². The Morgan fingerprint density at radius 1 is 1.41 bits per heavy atom. The molecule has 1 aliphatic heterocycles. The van der Waals surface area contributed by atoms with Crippen LogP contribution in [-0.2, 0) is 16.6 Å². The number of benzene rings is 1. The van der Waals surface area contributed by atoms with Gasteiger partial charge in [0.05, 0.1) is 12.0 Å². The molecule has 2 atom stereocenters. The van der Waals surface area contributed by atoms with Gasteiger partial charge in [-0.1, -0.05) is 42.1 Å². The highest BCUT2D eigenvalue weighted by atomic mass is 32.4. The van der Waals surface area contributed by atoms with Crippen molar-refractivity contribution in [3.05, 3.63) is 30.3 Å². The van der Waals surface area contributed by atoms with Crippen LogP contribution in [0.3, 0.4) is 0 Å². The first-order chi connectivity index (χ1) is 8.03. The number of nitrogens with zero attached hydrogens (tertiary/aromatic N) is 1. The van der Waals surface area contributed by atoms with Crippen LogP contribution in [0.15, 0.2) is 30.3 Å². The van der Waals surface area contributed by atoms with E-state index in [4.69, 9.17) is 11.8 Å². The predicted octanol–water partition coefficient (Wildman–Crippen LogP) is -0.804. The summed E-state index contributed by atoms with van der Waals surface area (Å²) in [5, 5.41) is 11.5. The number of aliphatic carboxylic acids is 1. The van der Waals surface area contributed by atoms with Gasteiger partial charge < -0.3 is 14.8 Å². The molecule has 0 aromatic heterocycles. The molecule has 1 fully saturated rings. The number of hydrogen-bond donors (Lipinski definition) is 0. The summed E-state index contributed by atoms with van der Waals surface area (Å²) in [5.74, 6) is -1.19. The van der Waals surface area contributed by atoms with Crippen molar-refractivity contribution in [3.63, 3.8) is 0 Å². The Balaban J connectivity index is 2.33. The van der Waals surface area contributed by atoms with Crippen molar-refractivity contribution in [3.8, 4) is 0 Å². The molecular formula is C11H12NO3PS-2. The molecule has 0 spiro atoms. The number of carbonyl (C=O) groups excluding carboxylic acids is 1. The lowest BCUT2D eigenvalue weighted by molar-refractivity contribution is -0.310. The summed E-state index contributed by atoms with van der Waals surface area (Å²) in [7, 11) is 0. The second-order valence-corrected chi connectivity index (χ2v) is 7.55. The lowest BCUT2D eigenvalue weighted by atomic mass is 10.2. The fourth-order valence-electron chi connectivity index (χ4n) is 2.07. The SMILES string of the molecule is O=C([O-])C1CCCN1P([O-])(=S)c1ccccc1. The maximum absolute atomic E-state index is 12.6. The van der Waals surface area contributed by atoms with Gasteiger partial charge >= 0.3 is 0 Å². The normalized spacial score (nSPS) is 24.4. The molecule has 2 unspecified atom stereocenters. The van der Waals surface area contributed by atoms with Crippen LogP contribution in [0, 0.1) is 0 Å². The van der Waals surface area contributed by atoms with Crippen LogP contribution >= 0.6 is 6.42 Å². The van der Waals surface area contributed by atoms with Crippen molar-refractivity contribution in [2.45, 2.75) is 18.9 Å². The molecule has 0 amide bonds. The zero-order valence-corrected chi connectivity index (χ0v) is 10.8. The maximum Gasteiger partial charge on any atom is 0.0589 e. The van der Waals surface area contributed by atoms with Gasteiger partial charge in [-0.05, 0) is 24.6 Å². The van der Waals surface area contributed by atoms with Gasteiger partial charge in [0.1, 0.15) is 0 Å². The lowest BCUT2D eigenvalue weighted by Crippen LogP contribution is -2.46. The molecule has 2 rings (SSSR count). The number of carboxylic acid groups (broad SMARTS) is 1. The fraction of sp³-hybridized carbons (Fsp3) is 0.364. The van der Waals surface area contributed by atoms with Crippen molar-refractivity contribution < 1.29 is 14.8 Å². The molecule has 0 saturated carbocycles. The average Bonchev–Trinajstić information content (AvgIpc) is 2.80. The second kappa shape index (κ2) is 4.86. The molecule has 1 saturated heterocycles. The number of hydrogen-bond acceptors (Lipinski definition) is 4. The van der Waals surface area contributed by atoms with Gasteiger partial charge in [0.2, 0.25) is 0 Å². The summed E-state index contributed by atoms with van der Waals surface area (Å²) in [5.41, 5.74) is 0. The summed E-state index contributed by atoms with van der Waals surface area (Å²) >= 11 is 5.16. The molecule has 4 nitrogen and oxygen atoms in total. The van der Waals surface area contributed by atoms with E-state index in [1.54, 1.807) is 30.3 Å². The second-order valence-electron chi connectivity index (χ2n) is 4.00. The van der Waals surface area contributed by atoms with E-state index in [1.165, 1.54) is 4.67 Å². The quantitative estimate of drug-likeness (QED) is 0.672. The highest BCUT2D eigenvalue weighted by Crippen LogP contribution is 2.44. The van der Waals surface area contributed by atoms with Crippen LogP contribution in [-0.4, -0.2) is 23.2 Å². The Morgan fingerprint density at radius 3 is 2.65 bits per heavy atom. The third-order valence-corrected chi connectivity index (χ3v) is 6.28. The molecule has 1 aliphatic rings. The minimum absolute atomic E-state index is 0.453. The van der Waals surface area contributed by atoms with Gasteiger partial charge in [-0.15, -0.1) is 0 Å². The molecular weight excluding hydrogens is 257 g/mol. The van der Waals surface area contributed by atoms with Crippen molar-refractivity contribution in [1.82, 2.24) is 4.67 Å². The van der Waals surface area contributed by atoms with Crippen LogP contribution in [0.2, 0.25) is 0 Å². The highest BCUT2D eigenvalue weighted by Gasteiger charge is 2.30. The van der Waals surface area contributed by atoms with E-state index in [-0.39, 0.29) is 0 Å². The Labute approximate surface area is 105 Å². The molecule has 1 aromatic carbocycles. The first kappa shape index (κ1) is 12.7. The molecule has 0 radical (unpaired) electrons. The van der Waals surface area contributed by atoms with Crippen LogP contribution in [0.5, 0.6) is 0 Å². The van der Waals surface area contributed by atoms with Gasteiger partial charge in [0.25, 0.3) is 0 Å². The average molecular weight is 269 g/mol. The summed E-state index contributed by atoms with van der Waals surface area (Å²) in [6.07, 6.45) is -2.07. The molecule has 0 N–H and O–H groups in total. The summed E-state index contributed by atoms with van der Waals surface area (Å²) < 4.78 is 1.41. The lowest BCUT2D eigenvalue weighted by Gasteiger charge is -2.42. The van der Waals surface area contributed by atoms with Crippen molar-refractivity contribution in [2.75, 3.05) is 6.54 Å². The summed E-state index contributed by atoms with van der Waals surface area (Å²) in [6.45, 7) is 0.453. The number of rotatable bonds is 3. The largest absolute Gasteiger partial charge is 0.807 e. The van der Waals surface area contributed by atoms with E-state index in [2.05, 4.69) is 0 Å². The van der Waals surface area contributed by atoms with Crippen molar-refractivity contribution >= 4 is 29.5 Å². The van der Waals surface area contributed by atoms with E-state index in [1.807, 2.05) is 0 Å². The molecule has 1 aromatic rings. The molecule has 6 heteroatoms. The molecule has 0 bridgehead atoms. The zero-order chi connectivity index (χ0) is 12.5. The molecule has 17 heavy (non-hydrogen) atoms. The van der Waals surface area contributed by atoms with Crippen molar-refractivity contribution in [1.29, 1.82) is 0 Å². The van der Waals surface area contributed by atoms with E-state index in [0.29, 0.717) is 24.7 Å². The van der Waals surface area contributed by atoms with E-state index in [9.17, 15) is 14.8 Å². The predicted molar refractivity (Wildman–Crippen MR) is 65.1 cm³/mol. The van der Waals surface area contributed by atoms with Crippen molar-refractivity contribution in [2.24, 2.45) is 0 Å². The van der Waals surface area contributed by atoms with Gasteiger partial charge in [0, 0.05) is 6.54 Å². The Morgan fingerprint density at radius 2 is 2.06 bits per heavy atom. The topological polar surface area (TPSA) is 66.4 Å². The minimum atomic E-state index is -3.21. The van der Waals surface area contributed by atoms with Gasteiger partial charge in [-0.25, -0.2) is 0 Å². The third-order valence-electron chi connectivity index (χ3n) is 2.92. The van der Waals surface area contributed by atoms with Crippen LogP contribution < -0.4 is 15.3 Å². The Kier molecular flexibility index (Phi) is 3.64. The maximum atomic E-state index is 12.6. The van der Waals surface area contributed by atoms with Gasteiger partial charge in [-0.2, -0.15) is 0 Å². The summed E-state index contributed by atoms with van der Waals surface area (Å²) in [6, 6.07) is 7.84. The van der Waals surface area contributed by atoms with E-state index < -0.39 is 18.4 Å². The molecule has 0 aliphatic carbocycles.